The first-order valence-electron chi connectivity index (χ1n) is 8.26. The molecular weight excluding hydrogens is 338 g/mol. The lowest BCUT2D eigenvalue weighted by Crippen LogP contribution is -2.34. The van der Waals surface area contributed by atoms with E-state index in [-0.39, 0.29) is 18.6 Å². The highest BCUT2D eigenvalue weighted by Gasteiger charge is 2.29. The van der Waals surface area contributed by atoms with Crippen molar-refractivity contribution < 1.29 is 23.7 Å². The van der Waals surface area contributed by atoms with Crippen LogP contribution in [0.15, 0.2) is 36.7 Å². The summed E-state index contributed by atoms with van der Waals surface area (Å²) in [5.41, 5.74) is 0. The van der Waals surface area contributed by atoms with Crippen LogP contribution in [-0.4, -0.2) is 60.8 Å². The number of carbonyl (C=O) groups is 1. The highest BCUT2D eigenvalue weighted by atomic mass is 16.5. The van der Waals surface area contributed by atoms with Gasteiger partial charge in [-0.05, 0) is 12.1 Å². The Morgan fingerprint density at radius 1 is 1.12 bits per heavy atom. The summed E-state index contributed by atoms with van der Waals surface area (Å²) < 4.78 is 21.8. The molecule has 1 aromatic heterocycles. The highest BCUT2D eigenvalue weighted by Crippen LogP contribution is 2.26. The largest absolute Gasteiger partial charge is 0.493 e. The number of ether oxygens (including phenoxy) is 4. The van der Waals surface area contributed by atoms with Gasteiger partial charge in [-0.2, -0.15) is 0 Å². The van der Waals surface area contributed by atoms with E-state index in [2.05, 4.69) is 9.97 Å². The van der Waals surface area contributed by atoms with Crippen LogP contribution in [0.3, 0.4) is 0 Å². The zero-order valence-corrected chi connectivity index (χ0v) is 14.8. The lowest BCUT2D eigenvalue weighted by Gasteiger charge is -2.18. The quantitative estimate of drug-likeness (QED) is 0.742. The van der Waals surface area contributed by atoms with Gasteiger partial charge in [0.25, 0.3) is 17.7 Å². The van der Waals surface area contributed by atoms with Crippen molar-refractivity contribution in [1.29, 1.82) is 0 Å². The predicted molar refractivity (Wildman–Crippen MR) is 92.7 cm³/mol. The van der Waals surface area contributed by atoms with Gasteiger partial charge in [-0.25, -0.2) is 9.97 Å². The fourth-order valence-corrected chi connectivity index (χ4v) is 2.71. The van der Waals surface area contributed by atoms with Crippen LogP contribution >= 0.6 is 0 Å². The van der Waals surface area contributed by atoms with E-state index < -0.39 is 0 Å². The van der Waals surface area contributed by atoms with E-state index in [1.165, 1.54) is 19.5 Å². The van der Waals surface area contributed by atoms with Crippen LogP contribution in [0.25, 0.3) is 0 Å². The minimum atomic E-state index is -0.157. The van der Waals surface area contributed by atoms with Crippen LogP contribution in [0.5, 0.6) is 23.3 Å². The lowest BCUT2D eigenvalue weighted by molar-refractivity contribution is -0.132. The Bertz CT molecular complexity index is 755. The van der Waals surface area contributed by atoms with Crippen molar-refractivity contribution in [3.8, 4) is 23.3 Å². The number of amides is 1. The van der Waals surface area contributed by atoms with Gasteiger partial charge in [0, 0.05) is 25.4 Å². The standard InChI is InChI=1S/C18H21N3O5/c1-23-14-5-3-4-6-15(14)25-12-16(22)21-10-7-13(11-21)26-18-17(24-2)19-8-9-20-18/h3-6,8-9,13H,7,10-12H2,1-2H3. The number of carbonyl (C=O) groups excluding carboxylic acids is 1. The van der Waals surface area contributed by atoms with Gasteiger partial charge in [0.2, 0.25) is 0 Å². The summed E-state index contributed by atoms with van der Waals surface area (Å²) in [7, 11) is 3.07. The van der Waals surface area contributed by atoms with Crippen molar-refractivity contribution in [2.45, 2.75) is 12.5 Å². The number of para-hydroxylation sites is 2. The van der Waals surface area contributed by atoms with E-state index in [4.69, 9.17) is 18.9 Å². The van der Waals surface area contributed by atoms with E-state index in [9.17, 15) is 4.79 Å². The Morgan fingerprint density at radius 3 is 2.58 bits per heavy atom. The summed E-state index contributed by atoms with van der Waals surface area (Å²) in [5.74, 6) is 1.70. The second-order valence-electron chi connectivity index (χ2n) is 5.68. The normalized spacial score (nSPS) is 16.2. The van der Waals surface area contributed by atoms with Crippen LogP contribution in [0.1, 0.15) is 6.42 Å². The second kappa shape index (κ2) is 8.37. The molecule has 0 bridgehead atoms. The van der Waals surface area contributed by atoms with Crippen molar-refractivity contribution in [3.05, 3.63) is 36.7 Å². The van der Waals surface area contributed by atoms with Crippen molar-refractivity contribution >= 4 is 5.91 Å². The molecule has 0 spiro atoms. The molecule has 1 unspecified atom stereocenters. The minimum Gasteiger partial charge on any atom is -0.493 e. The van der Waals surface area contributed by atoms with E-state index in [1.54, 1.807) is 24.1 Å². The maximum absolute atomic E-state index is 12.4. The Labute approximate surface area is 151 Å². The number of methoxy groups -OCH3 is 2. The van der Waals surface area contributed by atoms with Crippen LogP contribution in [0.4, 0.5) is 0 Å². The Hall–Kier alpha value is -3.03. The monoisotopic (exact) mass is 359 g/mol. The maximum Gasteiger partial charge on any atom is 0.278 e. The van der Waals surface area contributed by atoms with Gasteiger partial charge in [0.15, 0.2) is 18.1 Å². The van der Waals surface area contributed by atoms with Gasteiger partial charge in [-0.3, -0.25) is 4.79 Å². The average molecular weight is 359 g/mol. The van der Waals surface area contributed by atoms with Crippen molar-refractivity contribution in [2.24, 2.45) is 0 Å². The SMILES string of the molecule is COc1ccccc1OCC(=O)N1CCC(Oc2nccnc2OC)C1. The topological polar surface area (TPSA) is 83.0 Å². The average Bonchev–Trinajstić information content (AvgIpc) is 3.15. The Morgan fingerprint density at radius 2 is 1.85 bits per heavy atom. The molecule has 3 rings (SSSR count). The Balaban J connectivity index is 1.52. The third-order valence-electron chi connectivity index (χ3n) is 4.02. The molecule has 138 valence electrons. The molecule has 8 heteroatoms. The summed E-state index contributed by atoms with van der Waals surface area (Å²) in [6.45, 7) is 1.01. The van der Waals surface area contributed by atoms with Crippen molar-refractivity contribution in [1.82, 2.24) is 14.9 Å². The molecule has 1 atom stereocenters. The minimum absolute atomic E-state index is 0.0540. The third-order valence-corrected chi connectivity index (χ3v) is 4.02. The summed E-state index contributed by atoms with van der Waals surface area (Å²) in [5, 5.41) is 0. The number of benzene rings is 1. The molecule has 0 saturated carbocycles. The number of likely N-dealkylation sites (tertiary alicyclic amines) is 1. The molecule has 26 heavy (non-hydrogen) atoms. The molecule has 1 aliphatic heterocycles. The summed E-state index contributed by atoms with van der Waals surface area (Å²) >= 11 is 0. The fourth-order valence-electron chi connectivity index (χ4n) is 2.71. The first-order valence-corrected chi connectivity index (χ1v) is 8.26. The van der Waals surface area contributed by atoms with Gasteiger partial charge in [0.1, 0.15) is 6.10 Å². The third kappa shape index (κ3) is 4.14. The number of hydrogen-bond acceptors (Lipinski definition) is 7. The molecule has 8 nitrogen and oxygen atoms in total. The fraction of sp³-hybridized carbons (Fsp3) is 0.389. The van der Waals surface area contributed by atoms with E-state index in [0.717, 1.165) is 0 Å². The smallest absolute Gasteiger partial charge is 0.278 e. The van der Waals surface area contributed by atoms with Crippen LogP contribution < -0.4 is 18.9 Å². The zero-order valence-electron chi connectivity index (χ0n) is 14.8. The molecule has 1 amide bonds. The summed E-state index contributed by atoms with van der Waals surface area (Å²) in [6, 6.07) is 7.23. The van der Waals surface area contributed by atoms with E-state index in [1.807, 2.05) is 12.1 Å². The Kier molecular flexibility index (Phi) is 5.73. The van der Waals surface area contributed by atoms with Crippen molar-refractivity contribution in [2.75, 3.05) is 33.9 Å². The van der Waals surface area contributed by atoms with E-state index in [0.29, 0.717) is 42.8 Å². The van der Waals surface area contributed by atoms with E-state index >= 15 is 0 Å². The van der Waals surface area contributed by atoms with Gasteiger partial charge in [-0.15, -0.1) is 0 Å². The summed E-state index contributed by atoms with van der Waals surface area (Å²) in [6.07, 6.45) is 3.62. The van der Waals surface area contributed by atoms with Gasteiger partial charge < -0.3 is 23.8 Å². The van der Waals surface area contributed by atoms with Gasteiger partial charge >= 0.3 is 0 Å². The molecule has 1 aliphatic rings. The zero-order chi connectivity index (χ0) is 18.4. The highest BCUT2D eigenvalue weighted by molar-refractivity contribution is 5.78. The van der Waals surface area contributed by atoms with Crippen LogP contribution in [0, 0.1) is 0 Å². The summed E-state index contributed by atoms with van der Waals surface area (Å²) in [4.78, 5) is 22.3. The van der Waals surface area contributed by atoms with Crippen LogP contribution in [0.2, 0.25) is 0 Å². The molecular formula is C18H21N3O5. The van der Waals surface area contributed by atoms with Crippen molar-refractivity contribution in [3.63, 3.8) is 0 Å². The second-order valence-corrected chi connectivity index (χ2v) is 5.68. The number of hydrogen-bond donors (Lipinski definition) is 0. The maximum atomic E-state index is 12.4. The predicted octanol–water partition coefficient (Wildman–Crippen LogP) is 1.55. The van der Waals surface area contributed by atoms with Gasteiger partial charge in [0.05, 0.1) is 20.8 Å². The molecule has 0 N–H and O–H groups in total. The first kappa shape index (κ1) is 17.8. The number of nitrogens with zero attached hydrogens (tertiary/aromatic N) is 3. The molecule has 0 aliphatic carbocycles. The van der Waals surface area contributed by atoms with Gasteiger partial charge in [-0.1, -0.05) is 12.1 Å². The molecule has 1 fully saturated rings. The lowest BCUT2D eigenvalue weighted by atomic mass is 10.3. The molecule has 2 heterocycles. The molecule has 1 saturated heterocycles. The number of aromatic nitrogens is 2. The molecule has 1 aromatic carbocycles. The van der Waals surface area contributed by atoms with Crippen LogP contribution in [-0.2, 0) is 4.79 Å². The number of rotatable bonds is 7. The molecule has 2 aromatic rings. The first-order chi connectivity index (χ1) is 12.7. The molecule has 0 radical (unpaired) electrons.